The molecule has 0 saturated heterocycles. The Bertz CT molecular complexity index is 1590. The molecule has 0 fully saturated rings. The van der Waals surface area contributed by atoms with Crippen LogP contribution in [0.4, 0.5) is 11.8 Å². The van der Waals surface area contributed by atoms with Gasteiger partial charge in [0.2, 0.25) is 5.95 Å². The van der Waals surface area contributed by atoms with Crippen LogP contribution in [-0.2, 0) is 0 Å². The number of hydrogen-bond donors (Lipinski definition) is 2. The number of methoxy groups -OCH3 is 1. The van der Waals surface area contributed by atoms with Crippen LogP contribution in [-0.4, -0.2) is 31.6 Å². The Hall–Kier alpha value is -4.02. The number of hydrogen-bond acceptors (Lipinski definition) is 9. The second-order valence-corrected chi connectivity index (χ2v) is 8.87. The Labute approximate surface area is 209 Å². The lowest BCUT2D eigenvalue weighted by Crippen LogP contribution is -2.27. The maximum absolute atomic E-state index is 13.6. The smallest absolute Gasteiger partial charge is 0.273 e. The van der Waals surface area contributed by atoms with Crippen molar-refractivity contribution in [1.29, 1.82) is 0 Å². The van der Waals surface area contributed by atoms with E-state index >= 15 is 0 Å². The summed E-state index contributed by atoms with van der Waals surface area (Å²) in [5.74, 6) is 1.04. The van der Waals surface area contributed by atoms with E-state index in [-0.39, 0.29) is 11.5 Å². The molecule has 0 aliphatic carbocycles. The predicted molar refractivity (Wildman–Crippen MR) is 138 cm³/mol. The number of nitrogens with zero attached hydrogens (tertiary/aromatic N) is 5. The van der Waals surface area contributed by atoms with Gasteiger partial charge in [-0.1, -0.05) is 47.2 Å². The first kappa shape index (κ1) is 22.8. The van der Waals surface area contributed by atoms with E-state index in [0.717, 1.165) is 0 Å². The van der Waals surface area contributed by atoms with Crippen LogP contribution in [0.5, 0.6) is 5.19 Å². The van der Waals surface area contributed by atoms with Gasteiger partial charge >= 0.3 is 0 Å². The summed E-state index contributed by atoms with van der Waals surface area (Å²) in [6.45, 7) is 1.89. The molecule has 1 unspecified atom stereocenters. The first-order valence-electron chi connectivity index (χ1n) is 10.6. The summed E-state index contributed by atoms with van der Waals surface area (Å²) < 4.78 is 6.78. The average molecular weight is 506 g/mol. The number of benzene rings is 2. The Morgan fingerprint density at radius 2 is 1.91 bits per heavy atom. The molecule has 5 rings (SSSR count). The highest BCUT2D eigenvalue weighted by Crippen LogP contribution is 2.32. The zero-order valence-electron chi connectivity index (χ0n) is 18.8. The molecule has 0 amide bonds. The molecule has 2 aromatic carbocycles. The Morgan fingerprint density at radius 1 is 1.11 bits per heavy atom. The molecule has 35 heavy (non-hydrogen) atoms. The highest BCUT2D eigenvalue weighted by Gasteiger charge is 2.21. The molecule has 3 heterocycles. The van der Waals surface area contributed by atoms with Crippen LogP contribution in [0.3, 0.4) is 0 Å². The van der Waals surface area contributed by atoms with Crippen molar-refractivity contribution in [1.82, 2.24) is 24.5 Å². The van der Waals surface area contributed by atoms with Gasteiger partial charge in [0.1, 0.15) is 11.6 Å². The van der Waals surface area contributed by atoms with E-state index in [9.17, 15) is 4.79 Å². The van der Waals surface area contributed by atoms with E-state index < -0.39 is 6.04 Å². The molecule has 1 atom stereocenters. The van der Waals surface area contributed by atoms with Crippen LogP contribution in [0.2, 0.25) is 5.02 Å². The molecule has 11 heteroatoms. The van der Waals surface area contributed by atoms with Crippen LogP contribution in [0.25, 0.3) is 27.8 Å². The van der Waals surface area contributed by atoms with E-state index in [1.165, 1.54) is 11.3 Å². The summed E-state index contributed by atoms with van der Waals surface area (Å²) in [5, 5.41) is 6.41. The second kappa shape index (κ2) is 9.32. The fraction of sp³-hybridized carbons (Fsp3) is 0.125. The first-order valence-corrected chi connectivity index (χ1v) is 11.9. The maximum Gasteiger partial charge on any atom is 0.273 e. The van der Waals surface area contributed by atoms with E-state index in [1.807, 2.05) is 42.6 Å². The van der Waals surface area contributed by atoms with Gasteiger partial charge in [0, 0.05) is 11.6 Å². The number of halogens is 1. The third-order valence-electron chi connectivity index (χ3n) is 5.37. The standard InChI is InChI=1S/C24H20ClN7O2S/c1-13(28-20-15(11-27-23(26)31-20)18-12-35-24(30-18)34-2)21-29-17-10-6-9-16(25)19(17)22(33)32(21)14-7-4-3-5-8-14/h3-13H,1-2H3,(H3,26,27,28,31). The van der Waals surface area contributed by atoms with Crippen molar-refractivity contribution >= 4 is 45.6 Å². The van der Waals surface area contributed by atoms with Gasteiger partial charge in [-0.25, -0.2) is 15.0 Å². The van der Waals surface area contributed by atoms with Crippen molar-refractivity contribution in [2.75, 3.05) is 18.2 Å². The molecule has 3 N–H and O–H groups in total. The number of nitrogens with one attached hydrogen (secondary N) is 1. The van der Waals surface area contributed by atoms with Crippen LogP contribution in [0.15, 0.2) is 64.9 Å². The molecule has 5 aromatic rings. The molecule has 9 nitrogen and oxygen atoms in total. The minimum Gasteiger partial charge on any atom is -0.473 e. The molecule has 0 bridgehead atoms. The zero-order chi connectivity index (χ0) is 24.5. The minimum atomic E-state index is -0.458. The lowest BCUT2D eigenvalue weighted by Gasteiger charge is -2.21. The van der Waals surface area contributed by atoms with Gasteiger partial charge in [0.15, 0.2) is 0 Å². The number of ether oxygens (including phenoxy) is 1. The molecule has 0 radical (unpaired) electrons. The molecule has 176 valence electrons. The lowest BCUT2D eigenvalue weighted by atomic mass is 10.2. The van der Waals surface area contributed by atoms with Crippen LogP contribution in [0.1, 0.15) is 18.8 Å². The van der Waals surface area contributed by atoms with Crippen LogP contribution in [0, 0.1) is 0 Å². The van der Waals surface area contributed by atoms with E-state index in [0.29, 0.717) is 49.7 Å². The number of para-hydroxylation sites is 1. The van der Waals surface area contributed by atoms with E-state index in [4.69, 9.17) is 27.1 Å². The minimum absolute atomic E-state index is 0.101. The number of fused-ring (bicyclic) bond motifs is 1. The van der Waals surface area contributed by atoms with Gasteiger partial charge in [-0.2, -0.15) is 4.98 Å². The van der Waals surface area contributed by atoms with Crippen LogP contribution < -0.4 is 21.3 Å². The van der Waals surface area contributed by atoms with Crippen molar-refractivity contribution in [2.45, 2.75) is 13.0 Å². The van der Waals surface area contributed by atoms with Gasteiger partial charge in [0.25, 0.3) is 10.8 Å². The van der Waals surface area contributed by atoms with Crippen LogP contribution >= 0.6 is 22.9 Å². The number of rotatable bonds is 6. The summed E-state index contributed by atoms with van der Waals surface area (Å²) in [6.07, 6.45) is 1.60. The Morgan fingerprint density at radius 3 is 2.66 bits per heavy atom. The Balaban J connectivity index is 1.65. The topological polar surface area (TPSA) is 121 Å². The van der Waals surface area contributed by atoms with Gasteiger partial charge in [-0.3, -0.25) is 9.36 Å². The molecular formula is C24H20ClN7O2S. The van der Waals surface area contributed by atoms with Crippen molar-refractivity contribution in [3.63, 3.8) is 0 Å². The molecule has 0 aliphatic heterocycles. The summed E-state index contributed by atoms with van der Waals surface area (Å²) in [6, 6.07) is 14.1. The number of anilines is 2. The number of nitrogens with two attached hydrogens (primary N) is 1. The fourth-order valence-corrected chi connectivity index (χ4v) is 4.65. The van der Waals surface area contributed by atoms with Crippen molar-refractivity contribution in [2.24, 2.45) is 0 Å². The average Bonchev–Trinajstić information content (AvgIpc) is 3.33. The van der Waals surface area contributed by atoms with Crippen molar-refractivity contribution < 1.29 is 4.74 Å². The predicted octanol–water partition coefficient (Wildman–Crippen LogP) is 4.72. The SMILES string of the molecule is COc1nc(-c2cnc(N)nc2NC(C)c2nc3cccc(Cl)c3c(=O)n2-c2ccccc2)cs1. The lowest BCUT2D eigenvalue weighted by molar-refractivity contribution is 0.412. The zero-order valence-corrected chi connectivity index (χ0v) is 20.3. The fourth-order valence-electron chi connectivity index (χ4n) is 3.76. The first-order chi connectivity index (χ1) is 17.0. The highest BCUT2D eigenvalue weighted by atomic mass is 35.5. The monoisotopic (exact) mass is 505 g/mol. The molecule has 0 saturated carbocycles. The molecule has 3 aromatic heterocycles. The van der Waals surface area contributed by atoms with E-state index in [1.54, 1.807) is 36.1 Å². The Kier molecular flexibility index (Phi) is 6.06. The largest absolute Gasteiger partial charge is 0.473 e. The number of thiazole rings is 1. The molecule has 0 aliphatic rings. The summed E-state index contributed by atoms with van der Waals surface area (Å²) in [4.78, 5) is 31.4. The normalized spacial score (nSPS) is 12.0. The third kappa shape index (κ3) is 4.29. The summed E-state index contributed by atoms with van der Waals surface area (Å²) in [5.41, 5.74) is 8.09. The van der Waals surface area contributed by atoms with Gasteiger partial charge in [-0.05, 0) is 31.2 Å². The number of aromatic nitrogens is 5. The number of nitrogen functional groups attached to an aromatic ring is 1. The summed E-state index contributed by atoms with van der Waals surface area (Å²) >= 11 is 7.75. The quantitative estimate of drug-likeness (QED) is 0.340. The van der Waals surface area contributed by atoms with E-state index in [2.05, 4.69) is 20.3 Å². The second-order valence-electron chi connectivity index (χ2n) is 7.64. The maximum atomic E-state index is 13.6. The highest BCUT2D eigenvalue weighted by molar-refractivity contribution is 7.11. The van der Waals surface area contributed by atoms with Crippen molar-refractivity contribution in [3.8, 4) is 22.1 Å². The van der Waals surface area contributed by atoms with Gasteiger partial charge < -0.3 is 15.8 Å². The van der Waals surface area contributed by atoms with Crippen molar-refractivity contribution in [3.05, 3.63) is 81.3 Å². The summed E-state index contributed by atoms with van der Waals surface area (Å²) in [7, 11) is 1.56. The third-order valence-corrected chi connectivity index (χ3v) is 6.48. The molecule has 0 spiro atoms. The van der Waals surface area contributed by atoms with Gasteiger partial charge in [0.05, 0.1) is 46.0 Å². The molecular weight excluding hydrogens is 486 g/mol. The van der Waals surface area contributed by atoms with Gasteiger partial charge in [-0.15, -0.1) is 0 Å².